The third kappa shape index (κ3) is 5.21. The molecule has 1 saturated carbocycles. The maximum Gasteiger partial charge on any atom is 0.317 e. The summed E-state index contributed by atoms with van der Waals surface area (Å²) in [6.07, 6.45) is 12.9. The zero-order valence-electron chi connectivity index (χ0n) is 21.6. The maximum atomic E-state index is 14.0. The van der Waals surface area contributed by atoms with E-state index < -0.39 is 5.41 Å². The third-order valence-electron chi connectivity index (χ3n) is 9.15. The van der Waals surface area contributed by atoms with Crippen LogP contribution in [0.5, 0.6) is 0 Å². The van der Waals surface area contributed by atoms with Gasteiger partial charge < -0.3 is 9.22 Å². The summed E-state index contributed by atoms with van der Waals surface area (Å²) in [5.74, 6) is 0.531. The molecule has 0 N–H and O–H groups in total. The summed E-state index contributed by atoms with van der Waals surface area (Å²) in [4.78, 5) is 14.0. The highest BCUT2D eigenvalue weighted by molar-refractivity contribution is 5.85. The summed E-state index contributed by atoms with van der Waals surface area (Å²) in [6, 6.07) is 20.8. The summed E-state index contributed by atoms with van der Waals surface area (Å²) < 4.78 is 9.52. The van der Waals surface area contributed by atoms with E-state index in [-0.39, 0.29) is 24.5 Å². The van der Waals surface area contributed by atoms with Gasteiger partial charge in [0.05, 0.1) is 30.4 Å². The highest BCUT2D eigenvalue weighted by atomic mass is 35.5. The summed E-state index contributed by atoms with van der Waals surface area (Å²) in [5.41, 5.74) is 3.01. The van der Waals surface area contributed by atoms with Gasteiger partial charge in [-0.3, -0.25) is 4.79 Å². The van der Waals surface area contributed by atoms with Gasteiger partial charge in [0.2, 0.25) is 0 Å². The lowest BCUT2D eigenvalue weighted by atomic mass is 9.74. The summed E-state index contributed by atoms with van der Waals surface area (Å²) in [6.45, 7) is 4.22. The van der Waals surface area contributed by atoms with Crippen LogP contribution in [0.25, 0.3) is 5.69 Å². The van der Waals surface area contributed by atoms with Crippen LogP contribution < -0.4 is 0 Å². The largest absolute Gasteiger partial charge is 0.455 e. The van der Waals surface area contributed by atoms with Gasteiger partial charge in [0.15, 0.2) is 6.10 Å². The minimum atomic E-state index is -0.481. The number of ether oxygens (including phenoxy) is 1. The predicted molar refractivity (Wildman–Crippen MR) is 148 cm³/mol. The molecule has 3 aliphatic heterocycles. The Morgan fingerprint density at radius 1 is 0.946 bits per heavy atom. The van der Waals surface area contributed by atoms with Gasteiger partial charge in [-0.1, -0.05) is 74.2 Å². The fraction of sp³-hybridized carbons (Fsp3) is 0.484. The number of benzene rings is 2. The number of halogens is 1. The van der Waals surface area contributed by atoms with Crippen molar-refractivity contribution in [1.29, 1.82) is 0 Å². The van der Waals surface area contributed by atoms with Crippen LogP contribution in [0, 0.1) is 5.92 Å². The van der Waals surface area contributed by atoms with E-state index >= 15 is 0 Å². The van der Waals surface area contributed by atoms with Crippen molar-refractivity contribution in [1.82, 2.24) is 9.78 Å². The minimum absolute atomic E-state index is 0. The molecule has 5 nitrogen and oxygen atoms in total. The van der Waals surface area contributed by atoms with Crippen LogP contribution in [0.3, 0.4) is 0 Å². The topological polar surface area (TPSA) is 44.1 Å². The van der Waals surface area contributed by atoms with Gasteiger partial charge in [0.1, 0.15) is 13.1 Å². The molecule has 37 heavy (non-hydrogen) atoms. The molecule has 0 spiro atoms. The van der Waals surface area contributed by atoms with Crippen molar-refractivity contribution in [2.24, 2.45) is 5.92 Å². The Hall–Kier alpha value is -2.63. The molecule has 3 aromatic rings. The zero-order chi connectivity index (χ0) is 24.4. The highest BCUT2D eigenvalue weighted by Gasteiger charge is 2.50. The number of quaternary nitrogens is 1. The van der Waals surface area contributed by atoms with Gasteiger partial charge in [-0.05, 0) is 30.5 Å². The average Bonchev–Trinajstić information content (AvgIpc) is 3.23. The Morgan fingerprint density at radius 2 is 1.59 bits per heavy atom. The second kappa shape index (κ2) is 11.0. The maximum absolute atomic E-state index is 14.0. The Morgan fingerprint density at radius 3 is 2.27 bits per heavy atom. The summed E-state index contributed by atoms with van der Waals surface area (Å²) in [5, 5.41) is 4.63. The van der Waals surface area contributed by atoms with Crippen molar-refractivity contribution in [3.05, 3.63) is 84.2 Å². The van der Waals surface area contributed by atoms with Crippen molar-refractivity contribution in [3.63, 3.8) is 0 Å². The van der Waals surface area contributed by atoms with Crippen LogP contribution in [0.2, 0.25) is 0 Å². The number of para-hydroxylation sites is 1. The summed E-state index contributed by atoms with van der Waals surface area (Å²) in [7, 11) is 0. The fourth-order valence-corrected chi connectivity index (χ4v) is 7.08. The van der Waals surface area contributed by atoms with E-state index in [9.17, 15) is 4.79 Å². The molecule has 7 rings (SSSR count). The molecule has 1 aromatic heterocycles. The molecule has 4 heterocycles. The highest BCUT2D eigenvalue weighted by Crippen LogP contribution is 2.42. The number of carbonyl (C=O) groups is 1. The third-order valence-corrected chi connectivity index (χ3v) is 9.15. The van der Waals surface area contributed by atoms with Gasteiger partial charge in [0.25, 0.3) is 0 Å². The van der Waals surface area contributed by atoms with Crippen molar-refractivity contribution in [3.8, 4) is 5.69 Å². The quantitative estimate of drug-likeness (QED) is 0.219. The Labute approximate surface area is 226 Å². The molecule has 4 fully saturated rings. The van der Waals surface area contributed by atoms with Gasteiger partial charge in [-0.25, -0.2) is 4.68 Å². The van der Waals surface area contributed by atoms with E-state index in [0.717, 1.165) is 67.3 Å². The van der Waals surface area contributed by atoms with Crippen molar-refractivity contribution >= 4 is 18.4 Å². The molecule has 0 radical (unpaired) electrons. The zero-order valence-corrected chi connectivity index (χ0v) is 22.5. The molecule has 1 aliphatic carbocycles. The van der Waals surface area contributed by atoms with E-state index in [1.54, 1.807) is 0 Å². The SMILES string of the molecule is Cl.O=C(O[C@H]1C[N+]2(Cc3cnn(-c4ccccc4)c3)CCC1CC2)C1(c2ccccc2)CCCCCC1. The van der Waals surface area contributed by atoms with Crippen LogP contribution in [0.15, 0.2) is 73.1 Å². The molecular weight excluding hydrogens is 482 g/mol. The molecule has 0 unspecified atom stereocenters. The Bertz CT molecular complexity index is 1160. The number of fused-ring (bicyclic) bond motifs is 3. The van der Waals surface area contributed by atoms with Crippen molar-refractivity contribution in [2.75, 3.05) is 19.6 Å². The van der Waals surface area contributed by atoms with Crippen LogP contribution in [0.1, 0.15) is 62.5 Å². The lowest BCUT2D eigenvalue weighted by Crippen LogP contribution is -2.64. The molecule has 1 atom stereocenters. The average molecular weight is 521 g/mol. The first-order valence-electron chi connectivity index (χ1n) is 13.9. The first kappa shape index (κ1) is 26.0. The van der Waals surface area contributed by atoms with E-state index in [2.05, 4.69) is 47.7 Å². The van der Waals surface area contributed by atoms with Crippen LogP contribution in [-0.4, -0.2) is 46.0 Å². The number of nitrogens with zero attached hydrogens (tertiary/aromatic N) is 3. The Kier molecular flexibility index (Phi) is 7.73. The van der Waals surface area contributed by atoms with E-state index in [0.29, 0.717) is 5.92 Å². The van der Waals surface area contributed by atoms with Crippen LogP contribution in [-0.2, 0) is 21.5 Å². The first-order chi connectivity index (χ1) is 17.7. The second-order valence-corrected chi connectivity index (χ2v) is 11.4. The number of hydrogen-bond acceptors (Lipinski definition) is 3. The van der Waals surface area contributed by atoms with Crippen molar-refractivity contribution in [2.45, 2.75) is 69.4 Å². The van der Waals surface area contributed by atoms with Crippen molar-refractivity contribution < 1.29 is 14.0 Å². The standard InChI is InChI=1S/C31H38N3O2.ClH/c35-30(31(17-9-1-2-10-18-31)27-11-5-3-6-12-27)36-29-24-34(19-15-26(29)16-20-34)23-25-21-32-33(22-25)28-13-7-4-8-14-28;/h3-8,11-14,21-22,26,29H,1-2,9-10,15-20,23-24H2;1H/q+1;/t26?,29-,34?;/m0./s1. The second-order valence-electron chi connectivity index (χ2n) is 11.4. The fourth-order valence-electron chi connectivity index (χ4n) is 7.08. The van der Waals surface area contributed by atoms with E-state index in [4.69, 9.17) is 4.74 Å². The molecule has 2 aromatic carbocycles. The number of carbonyl (C=O) groups excluding carboxylic acids is 1. The molecule has 3 saturated heterocycles. The number of hydrogen-bond donors (Lipinski definition) is 0. The number of piperidine rings is 3. The minimum Gasteiger partial charge on any atom is -0.455 e. The molecule has 4 aliphatic rings. The number of esters is 1. The molecule has 6 heteroatoms. The lowest BCUT2D eigenvalue weighted by molar-refractivity contribution is -0.958. The van der Waals surface area contributed by atoms with E-state index in [1.807, 2.05) is 35.1 Å². The predicted octanol–water partition coefficient (Wildman–Crippen LogP) is 6.24. The van der Waals surface area contributed by atoms with Crippen LogP contribution in [0.4, 0.5) is 0 Å². The molecule has 196 valence electrons. The monoisotopic (exact) mass is 520 g/mol. The smallest absolute Gasteiger partial charge is 0.317 e. The normalized spacial score (nSPS) is 26.6. The van der Waals surface area contributed by atoms with Gasteiger partial charge in [0, 0.05) is 30.5 Å². The lowest BCUT2D eigenvalue weighted by Gasteiger charge is -2.52. The number of aromatic nitrogens is 2. The van der Waals surface area contributed by atoms with Crippen LogP contribution >= 0.6 is 12.4 Å². The molecular formula is C31H39ClN3O2+. The molecule has 2 bridgehead atoms. The van der Waals surface area contributed by atoms with E-state index in [1.165, 1.54) is 31.5 Å². The molecule has 0 amide bonds. The Balaban J connectivity index is 0.00000280. The van der Waals surface area contributed by atoms with Gasteiger partial charge in [-0.15, -0.1) is 12.4 Å². The van der Waals surface area contributed by atoms with Gasteiger partial charge in [-0.2, -0.15) is 5.10 Å². The summed E-state index contributed by atoms with van der Waals surface area (Å²) >= 11 is 0. The number of rotatable bonds is 6. The van der Waals surface area contributed by atoms with Gasteiger partial charge >= 0.3 is 5.97 Å². The first-order valence-corrected chi connectivity index (χ1v) is 13.9.